The van der Waals surface area contributed by atoms with Gasteiger partial charge in [0.2, 0.25) is 5.91 Å². The lowest BCUT2D eigenvalue weighted by Crippen LogP contribution is -2.57. The second kappa shape index (κ2) is 12.7. The maximum Gasteiger partial charge on any atom is 0.316 e. The predicted molar refractivity (Wildman–Crippen MR) is 131 cm³/mol. The average molecular weight is 479 g/mol. The summed E-state index contributed by atoms with van der Waals surface area (Å²) in [5.41, 5.74) is 1.82. The quantitative estimate of drug-likeness (QED) is 0.397. The van der Waals surface area contributed by atoms with Crippen LogP contribution >= 0.6 is 0 Å². The van der Waals surface area contributed by atoms with Crippen molar-refractivity contribution in [1.82, 2.24) is 15.3 Å². The van der Waals surface area contributed by atoms with Gasteiger partial charge in [0.15, 0.2) is 0 Å². The molecular formula is C26H30N4O5. The van der Waals surface area contributed by atoms with E-state index < -0.39 is 0 Å². The van der Waals surface area contributed by atoms with Crippen molar-refractivity contribution in [3.05, 3.63) is 72.6 Å². The van der Waals surface area contributed by atoms with Crippen molar-refractivity contribution in [2.45, 2.75) is 19.1 Å². The minimum atomic E-state index is -0.174. The Morgan fingerprint density at radius 2 is 1.80 bits per heavy atom. The number of nitrogens with one attached hydrogen (secondary N) is 1. The molecule has 1 aliphatic rings. The van der Waals surface area contributed by atoms with Crippen LogP contribution in [-0.2, 0) is 16.1 Å². The molecule has 0 aliphatic carbocycles. The number of anilines is 1. The van der Waals surface area contributed by atoms with Crippen LogP contribution in [0.4, 0.5) is 5.69 Å². The van der Waals surface area contributed by atoms with Gasteiger partial charge in [0.25, 0.3) is 0 Å². The molecule has 0 spiro atoms. The van der Waals surface area contributed by atoms with Gasteiger partial charge < -0.3 is 29.2 Å². The summed E-state index contributed by atoms with van der Waals surface area (Å²) in [6.45, 7) is 2.80. The lowest BCUT2D eigenvalue weighted by Gasteiger charge is -2.35. The molecule has 3 aromatic rings. The van der Waals surface area contributed by atoms with Crippen LogP contribution in [-0.4, -0.2) is 61.9 Å². The fraction of sp³-hybridized carbons (Fsp3) is 0.346. The summed E-state index contributed by atoms with van der Waals surface area (Å²) in [6.07, 6.45) is 4.00. The first-order chi connectivity index (χ1) is 17.2. The summed E-state index contributed by atoms with van der Waals surface area (Å²) in [5.74, 6) is 1.56. The molecule has 184 valence electrons. The zero-order valence-electron chi connectivity index (χ0n) is 19.8. The number of aromatic nitrogens is 2. The minimum Gasteiger partial charge on any atom is -0.496 e. The molecule has 1 atom stereocenters. The zero-order valence-corrected chi connectivity index (χ0v) is 19.8. The van der Waals surface area contributed by atoms with Gasteiger partial charge in [-0.25, -0.2) is 9.97 Å². The van der Waals surface area contributed by atoms with Crippen LogP contribution in [0.3, 0.4) is 0 Å². The van der Waals surface area contributed by atoms with Crippen molar-refractivity contribution >= 4 is 11.6 Å². The number of carbonyl (C=O) groups is 1. The highest BCUT2D eigenvalue weighted by molar-refractivity contribution is 5.96. The number of amides is 1. The van der Waals surface area contributed by atoms with Crippen molar-refractivity contribution in [3.63, 3.8) is 0 Å². The van der Waals surface area contributed by atoms with E-state index in [2.05, 4.69) is 15.3 Å². The Kier molecular flexibility index (Phi) is 8.85. The van der Waals surface area contributed by atoms with Gasteiger partial charge in [0.05, 0.1) is 39.5 Å². The van der Waals surface area contributed by atoms with E-state index in [1.165, 1.54) is 0 Å². The summed E-state index contributed by atoms with van der Waals surface area (Å²) in [7, 11) is 1.66. The first-order valence-corrected chi connectivity index (χ1v) is 11.6. The first-order valence-electron chi connectivity index (χ1n) is 11.6. The van der Waals surface area contributed by atoms with E-state index in [4.69, 9.17) is 18.9 Å². The Labute approximate surface area is 205 Å². The van der Waals surface area contributed by atoms with Crippen LogP contribution in [0.5, 0.6) is 17.5 Å². The summed E-state index contributed by atoms with van der Waals surface area (Å²) in [6, 6.07) is 17.2. The van der Waals surface area contributed by atoms with Crippen molar-refractivity contribution in [2.75, 3.05) is 44.9 Å². The van der Waals surface area contributed by atoms with E-state index in [1.54, 1.807) is 30.5 Å². The molecule has 2 aromatic carbocycles. The third-order valence-electron chi connectivity index (χ3n) is 5.50. The monoisotopic (exact) mass is 478 g/mol. The number of piperazine rings is 1. The normalized spacial score (nSPS) is 15.6. The minimum absolute atomic E-state index is 0.0142. The summed E-state index contributed by atoms with van der Waals surface area (Å²) < 4.78 is 22.6. The topological polar surface area (TPSA) is 95.0 Å². The maximum absolute atomic E-state index is 12.6. The van der Waals surface area contributed by atoms with Crippen LogP contribution in [0, 0.1) is 0 Å². The number of nitrogens with zero attached hydrogens (tertiary/aromatic N) is 3. The van der Waals surface area contributed by atoms with Crippen LogP contribution in [0.2, 0.25) is 0 Å². The van der Waals surface area contributed by atoms with Crippen LogP contribution in [0.1, 0.15) is 12.0 Å². The van der Waals surface area contributed by atoms with Crippen molar-refractivity contribution in [2.24, 2.45) is 0 Å². The third-order valence-corrected chi connectivity index (χ3v) is 5.50. The molecule has 0 saturated carbocycles. The van der Waals surface area contributed by atoms with Crippen LogP contribution < -0.4 is 24.4 Å². The van der Waals surface area contributed by atoms with Crippen molar-refractivity contribution < 1.29 is 23.7 Å². The van der Waals surface area contributed by atoms with E-state index >= 15 is 0 Å². The number of benzene rings is 2. The number of carbonyl (C=O) groups excluding carboxylic acids is 1. The second-order valence-corrected chi connectivity index (χ2v) is 7.95. The van der Waals surface area contributed by atoms with Gasteiger partial charge in [-0.15, -0.1) is 0 Å². The van der Waals surface area contributed by atoms with Crippen LogP contribution in [0.25, 0.3) is 0 Å². The molecule has 9 nitrogen and oxygen atoms in total. The number of ether oxygens (including phenoxy) is 4. The molecule has 4 rings (SSSR count). The molecule has 1 amide bonds. The largest absolute Gasteiger partial charge is 0.496 e. The Bertz CT molecular complexity index is 1060. The van der Waals surface area contributed by atoms with Crippen LogP contribution in [0.15, 0.2) is 67.0 Å². The summed E-state index contributed by atoms with van der Waals surface area (Å²) >= 11 is 0. The highest BCUT2D eigenvalue weighted by atomic mass is 16.5. The molecule has 1 fully saturated rings. The van der Waals surface area contributed by atoms with E-state index in [0.29, 0.717) is 32.4 Å². The summed E-state index contributed by atoms with van der Waals surface area (Å²) in [4.78, 5) is 22.5. The molecule has 0 radical (unpaired) electrons. The zero-order chi connectivity index (χ0) is 24.3. The number of rotatable bonds is 12. The Balaban J connectivity index is 1.23. The number of methoxy groups -OCH3 is 1. The highest BCUT2D eigenvalue weighted by Gasteiger charge is 2.30. The maximum atomic E-state index is 12.6. The molecule has 0 unspecified atom stereocenters. The molecule has 0 bridgehead atoms. The predicted octanol–water partition coefficient (Wildman–Crippen LogP) is 2.85. The Morgan fingerprint density at radius 1 is 1.00 bits per heavy atom. The van der Waals surface area contributed by atoms with E-state index in [-0.39, 0.29) is 25.1 Å². The van der Waals surface area contributed by atoms with E-state index in [0.717, 1.165) is 29.2 Å². The van der Waals surface area contributed by atoms with Gasteiger partial charge >= 0.3 is 6.01 Å². The number of para-hydroxylation sites is 1. The molecule has 1 aromatic heterocycles. The van der Waals surface area contributed by atoms with E-state index in [1.807, 2.05) is 48.5 Å². The lowest BCUT2D eigenvalue weighted by atomic mass is 10.1. The lowest BCUT2D eigenvalue weighted by molar-refractivity contribution is -0.119. The SMILES string of the molecule is COc1ccccc1COCCCOc1ccc(N2C(=O)CNC[C@@H]2COc2ncccn2)cc1. The van der Waals surface area contributed by atoms with E-state index in [9.17, 15) is 4.79 Å². The molecule has 2 heterocycles. The number of hydrogen-bond donors (Lipinski definition) is 1. The van der Waals surface area contributed by atoms with Gasteiger partial charge in [0, 0.05) is 36.6 Å². The summed E-state index contributed by atoms with van der Waals surface area (Å²) in [5, 5.41) is 3.14. The molecule has 1 saturated heterocycles. The highest BCUT2D eigenvalue weighted by Crippen LogP contribution is 2.23. The van der Waals surface area contributed by atoms with Gasteiger partial charge in [-0.2, -0.15) is 0 Å². The van der Waals surface area contributed by atoms with Gasteiger partial charge in [0.1, 0.15) is 18.1 Å². The van der Waals surface area contributed by atoms with Crippen molar-refractivity contribution in [1.29, 1.82) is 0 Å². The Morgan fingerprint density at radius 3 is 2.60 bits per heavy atom. The fourth-order valence-corrected chi connectivity index (χ4v) is 3.80. The third kappa shape index (κ3) is 6.91. The first kappa shape index (κ1) is 24.4. The standard InChI is InChI=1S/C26H30N4O5/c1-32-24-7-3-2-6-20(24)18-33-14-5-15-34-23-10-8-21(9-11-23)30-22(16-27-17-25(30)31)19-35-26-28-12-4-13-29-26/h2-4,6-13,22,27H,5,14-19H2,1H3/t22-/m1/s1. The Hall–Kier alpha value is -3.69. The van der Waals surface area contributed by atoms with Gasteiger partial charge in [-0.3, -0.25) is 4.79 Å². The van der Waals surface area contributed by atoms with Gasteiger partial charge in [-0.05, 0) is 36.4 Å². The smallest absolute Gasteiger partial charge is 0.316 e. The molecule has 9 heteroatoms. The fourth-order valence-electron chi connectivity index (χ4n) is 3.80. The molecule has 35 heavy (non-hydrogen) atoms. The van der Waals surface area contributed by atoms with Crippen molar-refractivity contribution in [3.8, 4) is 17.5 Å². The second-order valence-electron chi connectivity index (χ2n) is 7.95. The van der Waals surface area contributed by atoms with Gasteiger partial charge in [-0.1, -0.05) is 18.2 Å². The number of hydrogen-bond acceptors (Lipinski definition) is 8. The molecule has 1 aliphatic heterocycles. The molecular weight excluding hydrogens is 448 g/mol. The molecule has 1 N–H and O–H groups in total. The average Bonchev–Trinajstić information content (AvgIpc) is 2.91.